The molecule has 4 heterocycles. The Labute approximate surface area is 173 Å². The van der Waals surface area contributed by atoms with Crippen LogP contribution in [-0.2, 0) is 4.74 Å². The minimum atomic E-state index is -0.421. The normalized spacial score (nSPS) is 17.6. The van der Waals surface area contributed by atoms with Gasteiger partial charge in [0.15, 0.2) is 17.4 Å². The van der Waals surface area contributed by atoms with E-state index in [1.165, 1.54) is 13.2 Å². The number of anilines is 3. The summed E-state index contributed by atoms with van der Waals surface area (Å²) in [6, 6.07) is 8.38. The molecule has 1 spiro atoms. The molecule has 2 aromatic heterocycles. The van der Waals surface area contributed by atoms with Crippen LogP contribution in [0.15, 0.2) is 36.5 Å². The number of nitrogens with one attached hydrogen (secondary N) is 2. The van der Waals surface area contributed by atoms with Crippen LogP contribution in [0.5, 0.6) is 5.75 Å². The molecule has 2 aliphatic heterocycles. The number of H-pyrrole nitrogens is 1. The lowest BCUT2D eigenvalue weighted by Crippen LogP contribution is -2.52. The zero-order chi connectivity index (χ0) is 20.6. The van der Waals surface area contributed by atoms with Gasteiger partial charge in [0.1, 0.15) is 5.82 Å². The van der Waals surface area contributed by atoms with E-state index >= 15 is 0 Å². The fourth-order valence-corrected chi connectivity index (χ4v) is 3.97. The predicted octanol–water partition coefficient (Wildman–Crippen LogP) is 3.52. The minimum Gasteiger partial charge on any atom is -0.494 e. The number of hydrogen-bond donors (Lipinski definition) is 2. The molecule has 5 rings (SSSR count). The van der Waals surface area contributed by atoms with Crippen molar-refractivity contribution in [3.05, 3.63) is 42.3 Å². The van der Waals surface area contributed by atoms with Crippen molar-refractivity contribution in [1.29, 1.82) is 0 Å². The summed E-state index contributed by atoms with van der Waals surface area (Å²) < 4.78 is 24.7. The van der Waals surface area contributed by atoms with Gasteiger partial charge in [0.2, 0.25) is 5.95 Å². The smallest absolute Gasteiger partial charge is 0.227 e. The maximum absolute atomic E-state index is 14.0. The highest BCUT2D eigenvalue weighted by atomic mass is 19.1. The second kappa shape index (κ2) is 7.56. The Balaban J connectivity index is 1.28. The summed E-state index contributed by atoms with van der Waals surface area (Å²) in [5.41, 5.74) is 1.46. The molecular formula is C21H23FN6O2. The average molecular weight is 410 g/mol. The van der Waals surface area contributed by atoms with E-state index in [2.05, 4.69) is 30.4 Å². The number of nitrogens with zero attached hydrogens (tertiary/aromatic N) is 4. The van der Waals surface area contributed by atoms with Gasteiger partial charge in [-0.1, -0.05) is 0 Å². The lowest BCUT2D eigenvalue weighted by Gasteiger charge is -2.47. The topological polar surface area (TPSA) is 88.2 Å². The number of piperidine rings is 1. The van der Waals surface area contributed by atoms with E-state index in [0.717, 1.165) is 39.0 Å². The van der Waals surface area contributed by atoms with E-state index in [4.69, 9.17) is 9.47 Å². The van der Waals surface area contributed by atoms with Crippen molar-refractivity contribution in [2.24, 2.45) is 0 Å². The molecule has 30 heavy (non-hydrogen) atoms. The molecule has 156 valence electrons. The van der Waals surface area contributed by atoms with E-state index in [9.17, 15) is 4.39 Å². The fraction of sp³-hybridized carbons (Fsp3) is 0.381. The molecule has 0 saturated carbocycles. The van der Waals surface area contributed by atoms with Crippen LogP contribution in [0, 0.1) is 5.82 Å². The van der Waals surface area contributed by atoms with Crippen LogP contribution in [-0.4, -0.2) is 52.6 Å². The predicted molar refractivity (Wildman–Crippen MR) is 111 cm³/mol. The average Bonchev–Trinajstić information content (AvgIpc) is 3.21. The van der Waals surface area contributed by atoms with E-state index < -0.39 is 5.82 Å². The van der Waals surface area contributed by atoms with E-state index in [1.807, 2.05) is 6.07 Å². The van der Waals surface area contributed by atoms with E-state index in [1.54, 1.807) is 24.4 Å². The molecule has 8 nitrogen and oxygen atoms in total. The van der Waals surface area contributed by atoms with Gasteiger partial charge in [-0.05, 0) is 43.5 Å². The first kappa shape index (κ1) is 18.8. The third-order valence-corrected chi connectivity index (χ3v) is 5.86. The molecule has 0 aliphatic carbocycles. The first-order valence-corrected chi connectivity index (χ1v) is 10.0. The Morgan fingerprint density at radius 2 is 2.00 bits per heavy atom. The lowest BCUT2D eigenvalue weighted by molar-refractivity contribution is -0.158. The van der Waals surface area contributed by atoms with Gasteiger partial charge in [-0.2, -0.15) is 10.1 Å². The molecular weight excluding hydrogens is 387 g/mol. The largest absolute Gasteiger partial charge is 0.494 e. The maximum Gasteiger partial charge on any atom is 0.227 e. The first-order valence-electron chi connectivity index (χ1n) is 10.0. The van der Waals surface area contributed by atoms with Crippen molar-refractivity contribution in [3.63, 3.8) is 0 Å². The van der Waals surface area contributed by atoms with Gasteiger partial charge in [0.25, 0.3) is 0 Å². The Hall–Kier alpha value is -3.20. The van der Waals surface area contributed by atoms with Gasteiger partial charge in [0, 0.05) is 30.9 Å². The van der Waals surface area contributed by atoms with E-state index in [-0.39, 0.29) is 11.4 Å². The molecule has 0 bridgehead atoms. The van der Waals surface area contributed by atoms with Crippen molar-refractivity contribution in [2.75, 3.05) is 37.0 Å². The van der Waals surface area contributed by atoms with Crippen molar-refractivity contribution in [2.45, 2.75) is 24.9 Å². The molecule has 2 saturated heterocycles. The monoisotopic (exact) mass is 410 g/mol. The zero-order valence-electron chi connectivity index (χ0n) is 16.7. The molecule has 2 aliphatic rings. The Morgan fingerprint density at radius 3 is 2.70 bits per heavy atom. The molecule has 9 heteroatoms. The Bertz CT molecular complexity index is 1040. The number of methoxy groups -OCH3 is 1. The molecule has 0 unspecified atom stereocenters. The van der Waals surface area contributed by atoms with Gasteiger partial charge < -0.3 is 19.7 Å². The van der Waals surface area contributed by atoms with Gasteiger partial charge in [-0.25, -0.2) is 9.37 Å². The van der Waals surface area contributed by atoms with Crippen LogP contribution in [0.25, 0.3) is 11.3 Å². The summed E-state index contributed by atoms with van der Waals surface area (Å²) in [4.78, 5) is 11.3. The molecule has 1 aromatic carbocycles. The molecule has 0 atom stereocenters. The number of benzene rings is 1. The summed E-state index contributed by atoms with van der Waals surface area (Å²) in [6.07, 6.45) is 4.91. The Kier molecular flexibility index (Phi) is 4.74. The minimum absolute atomic E-state index is 0.0960. The Morgan fingerprint density at radius 1 is 1.17 bits per heavy atom. The van der Waals surface area contributed by atoms with Crippen LogP contribution in [0.4, 0.5) is 22.0 Å². The van der Waals surface area contributed by atoms with Crippen LogP contribution >= 0.6 is 0 Å². The summed E-state index contributed by atoms with van der Waals surface area (Å²) in [5.74, 6) is 1.72. The number of halogens is 1. The molecule has 2 N–H and O–H groups in total. The van der Waals surface area contributed by atoms with Crippen LogP contribution < -0.4 is 15.0 Å². The fourth-order valence-electron chi connectivity index (χ4n) is 3.97. The number of aromatic nitrogens is 4. The number of rotatable bonds is 5. The van der Waals surface area contributed by atoms with Crippen molar-refractivity contribution < 1.29 is 13.9 Å². The third-order valence-electron chi connectivity index (χ3n) is 5.86. The quantitative estimate of drug-likeness (QED) is 0.665. The summed E-state index contributed by atoms with van der Waals surface area (Å²) >= 11 is 0. The van der Waals surface area contributed by atoms with E-state index in [0.29, 0.717) is 28.8 Å². The number of ether oxygens (including phenoxy) is 2. The summed E-state index contributed by atoms with van der Waals surface area (Å²) in [7, 11) is 1.44. The van der Waals surface area contributed by atoms with Gasteiger partial charge in [0.05, 0.1) is 25.0 Å². The lowest BCUT2D eigenvalue weighted by atomic mass is 9.84. The second-order valence-corrected chi connectivity index (χ2v) is 7.65. The standard InChI is InChI=1S/C21H23FN6O2/c1-29-17-3-2-14(12-15(17)22)16-13-19(27-26-16)24-18-4-8-23-20(25-18)28-9-5-21(6-10-28)7-11-30-21/h2-4,8,12-13H,5-7,9-11H2,1H3,(H2,23,24,25,26,27). The molecule has 2 fully saturated rings. The third kappa shape index (κ3) is 3.56. The van der Waals surface area contributed by atoms with Gasteiger partial charge >= 0.3 is 0 Å². The maximum atomic E-state index is 14.0. The molecule has 0 radical (unpaired) electrons. The van der Waals surface area contributed by atoms with Gasteiger partial charge in [-0.15, -0.1) is 0 Å². The molecule has 0 amide bonds. The zero-order valence-corrected chi connectivity index (χ0v) is 16.7. The first-order chi connectivity index (χ1) is 14.6. The van der Waals surface area contributed by atoms with Crippen LogP contribution in [0.1, 0.15) is 19.3 Å². The molecule has 3 aromatic rings. The highest BCUT2D eigenvalue weighted by molar-refractivity contribution is 5.66. The number of aromatic amines is 1. The SMILES string of the molecule is COc1ccc(-c2cc(Nc3ccnc(N4CCC5(CCO5)CC4)n3)n[nH]2)cc1F. The van der Waals surface area contributed by atoms with Crippen molar-refractivity contribution in [3.8, 4) is 17.0 Å². The van der Waals surface area contributed by atoms with Crippen molar-refractivity contribution in [1.82, 2.24) is 20.2 Å². The highest BCUT2D eigenvalue weighted by Gasteiger charge is 2.41. The second-order valence-electron chi connectivity index (χ2n) is 7.65. The summed E-state index contributed by atoms with van der Waals surface area (Å²) in [6.45, 7) is 2.66. The summed E-state index contributed by atoms with van der Waals surface area (Å²) in [5, 5.41) is 10.4. The van der Waals surface area contributed by atoms with Crippen LogP contribution in [0.2, 0.25) is 0 Å². The van der Waals surface area contributed by atoms with Crippen LogP contribution in [0.3, 0.4) is 0 Å². The number of hydrogen-bond acceptors (Lipinski definition) is 7. The van der Waals surface area contributed by atoms with Crippen molar-refractivity contribution >= 4 is 17.6 Å². The highest BCUT2D eigenvalue weighted by Crippen LogP contribution is 2.37. The van der Waals surface area contributed by atoms with Gasteiger partial charge in [-0.3, -0.25) is 5.10 Å².